The van der Waals surface area contributed by atoms with Gasteiger partial charge in [-0.3, -0.25) is 4.79 Å². The summed E-state index contributed by atoms with van der Waals surface area (Å²) in [6.07, 6.45) is 1.84. The molecule has 1 aromatic carbocycles. The molecule has 1 aromatic heterocycles. The highest BCUT2D eigenvalue weighted by Gasteiger charge is 2.16. The minimum absolute atomic E-state index is 0.00759. The van der Waals surface area contributed by atoms with Crippen LogP contribution in [0.5, 0.6) is 0 Å². The highest BCUT2D eigenvalue weighted by atomic mass is 16.1. The zero-order chi connectivity index (χ0) is 11.0. The summed E-state index contributed by atoms with van der Waals surface area (Å²) in [5.74, 6) is -0.00759. The number of benzene rings is 1. The highest BCUT2D eigenvalue weighted by Crippen LogP contribution is 2.21. The zero-order valence-electron chi connectivity index (χ0n) is 8.90. The van der Waals surface area contributed by atoms with Crippen LogP contribution >= 0.6 is 0 Å². The van der Waals surface area contributed by atoms with E-state index in [1.165, 1.54) is 0 Å². The van der Waals surface area contributed by atoms with Gasteiger partial charge in [-0.05, 0) is 13.0 Å². The molecule has 0 radical (unpaired) electrons. The van der Waals surface area contributed by atoms with Gasteiger partial charge in [0, 0.05) is 29.7 Å². The van der Waals surface area contributed by atoms with Crippen LogP contribution < -0.4 is 5.73 Å². The van der Waals surface area contributed by atoms with Crippen LogP contribution in [0.3, 0.4) is 0 Å². The molecule has 78 valence electrons. The Kier molecular flexibility index (Phi) is 2.32. The Morgan fingerprint density at radius 2 is 2.07 bits per heavy atom. The summed E-state index contributed by atoms with van der Waals surface area (Å²) in [7, 11) is 1.93. The number of nitrogens with zero attached hydrogens (tertiary/aromatic N) is 1. The second kappa shape index (κ2) is 3.51. The molecule has 0 saturated carbocycles. The van der Waals surface area contributed by atoms with Crippen LogP contribution in [0.4, 0.5) is 0 Å². The molecule has 0 saturated heterocycles. The first-order valence-electron chi connectivity index (χ1n) is 4.95. The second-order valence-electron chi connectivity index (χ2n) is 3.82. The maximum absolute atomic E-state index is 11.8. The molecule has 15 heavy (non-hydrogen) atoms. The van der Waals surface area contributed by atoms with Crippen molar-refractivity contribution in [1.29, 1.82) is 0 Å². The van der Waals surface area contributed by atoms with Gasteiger partial charge in [0.05, 0.1) is 6.04 Å². The molecule has 0 aliphatic heterocycles. The van der Waals surface area contributed by atoms with Crippen molar-refractivity contribution in [3.05, 3.63) is 36.0 Å². The Hall–Kier alpha value is -1.61. The third-order valence-electron chi connectivity index (χ3n) is 2.58. The number of hydrogen-bond donors (Lipinski definition) is 1. The molecule has 2 aromatic rings. The molecule has 2 N–H and O–H groups in total. The first-order chi connectivity index (χ1) is 7.11. The maximum atomic E-state index is 11.8. The minimum atomic E-state index is -0.448. The predicted molar refractivity (Wildman–Crippen MR) is 60.9 cm³/mol. The lowest BCUT2D eigenvalue weighted by Crippen LogP contribution is -2.26. The molecule has 0 bridgehead atoms. The monoisotopic (exact) mass is 202 g/mol. The van der Waals surface area contributed by atoms with E-state index in [9.17, 15) is 4.79 Å². The second-order valence-corrected chi connectivity index (χ2v) is 3.82. The quantitative estimate of drug-likeness (QED) is 0.753. The summed E-state index contributed by atoms with van der Waals surface area (Å²) in [6, 6.07) is 7.39. The minimum Gasteiger partial charge on any atom is -0.350 e. The molecule has 2 rings (SSSR count). The molecule has 1 heterocycles. The molecule has 0 unspecified atom stereocenters. The van der Waals surface area contributed by atoms with Gasteiger partial charge >= 0.3 is 0 Å². The molecule has 0 amide bonds. The first kappa shape index (κ1) is 9.93. The summed E-state index contributed by atoms with van der Waals surface area (Å²) in [5.41, 5.74) is 7.38. The molecular formula is C12H14N2O. The van der Waals surface area contributed by atoms with Crippen LogP contribution in [-0.4, -0.2) is 16.4 Å². The maximum Gasteiger partial charge on any atom is 0.181 e. The number of para-hydroxylation sites is 1. The third kappa shape index (κ3) is 1.55. The zero-order valence-corrected chi connectivity index (χ0v) is 8.90. The Labute approximate surface area is 88.5 Å². The van der Waals surface area contributed by atoms with Crippen molar-refractivity contribution in [2.24, 2.45) is 12.8 Å². The van der Waals surface area contributed by atoms with Gasteiger partial charge in [-0.2, -0.15) is 0 Å². The van der Waals surface area contributed by atoms with Gasteiger partial charge in [0.1, 0.15) is 0 Å². The molecule has 0 aliphatic carbocycles. The summed E-state index contributed by atoms with van der Waals surface area (Å²) in [4.78, 5) is 11.8. The lowest BCUT2D eigenvalue weighted by molar-refractivity contribution is 0.0969. The number of fused-ring (bicyclic) bond motifs is 1. The van der Waals surface area contributed by atoms with Crippen molar-refractivity contribution >= 4 is 16.7 Å². The smallest absolute Gasteiger partial charge is 0.181 e. The number of hydrogen-bond acceptors (Lipinski definition) is 2. The van der Waals surface area contributed by atoms with E-state index in [1.807, 2.05) is 42.1 Å². The topological polar surface area (TPSA) is 48.0 Å². The molecule has 0 aliphatic rings. The molecule has 3 heteroatoms. The fourth-order valence-corrected chi connectivity index (χ4v) is 1.78. The van der Waals surface area contributed by atoms with Crippen LogP contribution in [-0.2, 0) is 7.05 Å². The van der Waals surface area contributed by atoms with Crippen molar-refractivity contribution < 1.29 is 4.79 Å². The van der Waals surface area contributed by atoms with Crippen molar-refractivity contribution in [1.82, 2.24) is 4.57 Å². The van der Waals surface area contributed by atoms with Gasteiger partial charge in [-0.15, -0.1) is 0 Å². The van der Waals surface area contributed by atoms with E-state index >= 15 is 0 Å². The van der Waals surface area contributed by atoms with Gasteiger partial charge in [0.15, 0.2) is 5.78 Å². The predicted octanol–water partition coefficient (Wildman–Crippen LogP) is 1.71. The van der Waals surface area contributed by atoms with Crippen molar-refractivity contribution in [2.75, 3.05) is 0 Å². The molecule has 0 fully saturated rings. The Bertz CT molecular complexity index is 511. The fraction of sp³-hybridized carbons (Fsp3) is 0.250. The van der Waals surface area contributed by atoms with E-state index in [0.717, 1.165) is 10.9 Å². The number of ketones is 1. The third-order valence-corrected chi connectivity index (χ3v) is 2.58. The van der Waals surface area contributed by atoms with Gasteiger partial charge in [0.25, 0.3) is 0 Å². The number of rotatable bonds is 2. The number of Topliss-reactive ketones (excluding diaryl/α,β-unsaturated/α-hetero) is 1. The van der Waals surface area contributed by atoms with Crippen LogP contribution in [0.25, 0.3) is 10.9 Å². The largest absolute Gasteiger partial charge is 0.350 e. The van der Waals surface area contributed by atoms with Crippen molar-refractivity contribution in [3.63, 3.8) is 0 Å². The molecule has 0 spiro atoms. The highest BCUT2D eigenvalue weighted by molar-refractivity contribution is 6.10. The van der Waals surface area contributed by atoms with E-state index in [4.69, 9.17) is 5.73 Å². The summed E-state index contributed by atoms with van der Waals surface area (Å²) in [6.45, 7) is 1.71. The van der Waals surface area contributed by atoms with Gasteiger partial charge in [-0.25, -0.2) is 0 Å². The molecule has 3 nitrogen and oxygen atoms in total. The van der Waals surface area contributed by atoms with E-state index in [1.54, 1.807) is 6.92 Å². The fourth-order valence-electron chi connectivity index (χ4n) is 1.78. The number of carbonyl (C=O) groups excluding carboxylic acids is 1. The number of aromatic nitrogens is 1. The Morgan fingerprint density at radius 1 is 1.40 bits per heavy atom. The van der Waals surface area contributed by atoms with E-state index < -0.39 is 6.04 Å². The normalized spacial score (nSPS) is 13.0. The lowest BCUT2D eigenvalue weighted by Gasteiger charge is -2.01. The summed E-state index contributed by atoms with van der Waals surface area (Å²) < 4.78 is 1.95. The number of aryl methyl sites for hydroxylation is 1. The van der Waals surface area contributed by atoms with Crippen LogP contribution in [0, 0.1) is 0 Å². The Morgan fingerprint density at radius 3 is 2.73 bits per heavy atom. The first-order valence-corrected chi connectivity index (χ1v) is 4.95. The van der Waals surface area contributed by atoms with Crippen molar-refractivity contribution in [3.8, 4) is 0 Å². The summed E-state index contributed by atoms with van der Waals surface area (Å²) in [5, 5.41) is 0.974. The van der Waals surface area contributed by atoms with E-state index in [2.05, 4.69) is 0 Å². The average Bonchev–Trinajstić information content (AvgIpc) is 2.56. The number of nitrogens with two attached hydrogens (primary N) is 1. The number of carbonyl (C=O) groups is 1. The van der Waals surface area contributed by atoms with E-state index in [0.29, 0.717) is 5.56 Å². The van der Waals surface area contributed by atoms with Gasteiger partial charge in [0.2, 0.25) is 0 Å². The van der Waals surface area contributed by atoms with Crippen LogP contribution in [0.1, 0.15) is 17.3 Å². The van der Waals surface area contributed by atoms with Gasteiger partial charge in [-0.1, -0.05) is 18.2 Å². The standard InChI is InChI=1S/C12H14N2O/c1-8(13)12(15)10-7-14(2)11-6-4-3-5-9(10)11/h3-8H,13H2,1-2H3/t8-/m0/s1. The average molecular weight is 202 g/mol. The SMILES string of the molecule is C[C@H](N)C(=O)c1cn(C)c2ccccc12. The lowest BCUT2D eigenvalue weighted by atomic mass is 10.1. The Balaban J connectivity index is 2.67. The van der Waals surface area contributed by atoms with Crippen molar-refractivity contribution in [2.45, 2.75) is 13.0 Å². The van der Waals surface area contributed by atoms with Crippen LogP contribution in [0.2, 0.25) is 0 Å². The van der Waals surface area contributed by atoms with E-state index in [-0.39, 0.29) is 5.78 Å². The summed E-state index contributed by atoms with van der Waals surface area (Å²) >= 11 is 0. The molecule has 1 atom stereocenters. The molecular weight excluding hydrogens is 188 g/mol. The van der Waals surface area contributed by atoms with Crippen LogP contribution in [0.15, 0.2) is 30.5 Å². The van der Waals surface area contributed by atoms with Gasteiger partial charge < -0.3 is 10.3 Å².